The minimum absolute atomic E-state index is 0.0401. The minimum Gasteiger partial charge on any atom is -0.483 e. The number of nitrogens with zero attached hydrogens (tertiary/aromatic N) is 2. The first kappa shape index (κ1) is 21.6. The van der Waals surface area contributed by atoms with Gasteiger partial charge in [-0.05, 0) is 17.0 Å². The third kappa shape index (κ3) is 5.08. The number of ether oxygens (including phenoxy) is 1. The number of non-ortho nitro benzene ring substituents is 1. The van der Waals surface area contributed by atoms with Crippen LogP contribution in [-0.4, -0.2) is 17.4 Å². The molecular weight excluding hydrogens is 398 g/mol. The Morgan fingerprint density at radius 1 is 1.19 bits per heavy atom. The van der Waals surface area contributed by atoms with E-state index in [0.29, 0.717) is 11.3 Å². The van der Waals surface area contributed by atoms with Gasteiger partial charge in [0.25, 0.3) is 11.6 Å². The lowest BCUT2D eigenvalue weighted by Gasteiger charge is -2.22. The van der Waals surface area contributed by atoms with Crippen molar-refractivity contribution in [3.8, 4) is 23.1 Å². The van der Waals surface area contributed by atoms with Crippen molar-refractivity contribution >= 4 is 17.5 Å². The van der Waals surface area contributed by atoms with Crippen LogP contribution in [0, 0.1) is 21.4 Å². The number of nitro benzene ring substituents is 1. The summed E-state index contributed by atoms with van der Waals surface area (Å²) in [5.74, 6) is 0.291. The molecule has 1 aromatic heterocycles. The van der Waals surface area contributed by atoms with Crippen LogP contribution in [0.1, 0.15) is 31.9 Å². The van der Waals surface area contributed by atoms with E-state index in [9.17, 15) is 20.2 Å². The molecule has 2 aromatic carbocycles. The topological polar surface area (TPSA) is 118 Å². The van der Waals surface area contributed by atoms with Crippen LogP contribution in [0.3, 0.4) is 0 Å². The van der Waals surface area contributed by atoms with Crippen LogP contribution in [0.15, 0.2) is 59.0 Å². The van der Waals surface area contributed by atoms with Gasteiger partial charge in [-0.3, -0.25) is 20.2 Å². The van der Waals surface area contributed by atoms with Crippen LogP contribution in [0.25, 0.3) is 11.3 Å². The van der Waals surface area contributed by atoms with Crippen molar-refractivity contribution < 1.29 is 18.9 Å². The van der Waals surface area contributed by atoms with Gasteiger partial charge >= 0.3 is 0 Å². The predicted octanol–water partition coefficient (Wildman–Crippen LogP) is 5.04. The highest BCUT2D eigenvalue weighted by molar-refractivity contribution is 5.92. The van der Waals surface area contributed by atoms with Crippen molar-refractivity contribution in [3.63, 3.8) is 0 Å². The quantitative estimate of drug-likeness (QED) is 0.441. The molecule has 1 heterocycles. The number of nitro groups is 1. The molecule has 0 atom stereocenters. The molecule has 0 spiro atoms. The van der Waals surface area contributed by atoms with Crippen LogP contribution in [0.5, 0.6) is 5.75 Å². The van der Waals surface area contributed by atoms with Gasteiger partial charge in [0, 0.05) is 23.8 Å². The molecule has 0 aliphatic heterocycles. The number of nitriles is 1. The van der Waals surface area contributed by atoms with Gasteiger partial charge < -0.3 is 9.15 Å². The largest absolute Gasteiger partial charge is 0.483 e. The zero-order valence-electron chi connectivity index (χ0n) is 17.3. The minimum atomic E-state index is -0.521. The van der Waals surface area contributed by atoms with Crippen LogP contribution in [0.2, 0.25) is 0 Å². The van der Waals surface area contributed by atoms with E-state index in [4.69, 9.17) is 9.15 Å². The summed E-state index contributed by atoms with van der Waals surface area (Å²) in [6.45, 7) is 5.87. The van der Waals surface area contributed by atoms with Crippen molar-refractivity contribution in [2.24, 2.45) is 0 Å². The smallest absolute Gasteiger partial charge is 0.270 e. The fourth-order valence-electron chi connectivity index (χ4n) is 3.00. The molecule has 0 aliphatic carbocycles. The molecule has 0 radical (unpaired) electrons. The summed E-state index contributed by atoms with van der Waals surface area (Å²) in [7, 11) is 0. The number of benzene rings is 2. The number of rotatable bonds is 6. The zero-order valence-corrected chi connectivity index (χ0v) is 17.3. The normalized spacial score (nSPS) is 10.9. The number of hydrogen-bond donors (Lipinski definition) is 1. The van der Waals surface area contributed by atoms with Gasteiger partial charge in [0.15, 0.2) is 6.61 Å². The van der Waals surface area contributed by atoms with E-state index in [0.717, 1.165) is 5.56 Å². The van der Waals surface area contributed by atoms with Crippen molar-refractivity contribution in [1.82, 2.24) is 0 Å². The lowest BCUT2D eigenvalue weighted by atomic mass is 9.86. The first-order chi connectivity index (χ1) is 14.7. The van der Waals surface area contributed by atoms with Crippen molar-refractivity contribution in [1.29, 1.82) is 5.26 Å². The molecule has 3 aromatic rings. The van der Waals surface area contributed by atoms with Gasteiger partial charge in [0.2, 0.25) is 5.88 Å². The molecule has 158 valence electrons. The first-order valence-electron chi connectivity index (χ1n) is 9.50. The average molecular weight is 419 g/mol. The maximum atomic E-state index is 12.4. The number of nitrogens with one attached hydrogen (secondary N) is 1. The van der Waals surface area contributed by atoms with Gasteiger partial charge in [-0.25, -0.2) is 0 Å². The van der Waals surface area contributed by atoms with Crippen molar-refractivity contribution in [2.75, 3.05) is 11.9 Å². The van der Waals surface area contributed by atoms with E-state index in [1.54, 1.807) is 12.1 Å². The number of anilines is 1. The Kier molecular flexibility index (Phi) is 6.07. The zero-order chi connectivity index (χ0) is 22.6. The maximum Gasteiger partial charge on any atom is 0.270 e. The Balaban J connectivity index is 1.75. The highest BCUT2D eigenvalue weighted by atomic mass is 16.6. The third-order valence-electron chi connectivity index (χ3n) is 4.50. The van der Waals surface area contributed by atoms with Gasteiger partial charge in [-0.1, -0.05) is 51.1 Å². The Morgan fingerprint density at radius 2 is 1.94 bits per heavy atom. The van der Waals surface area contributed by atoms with E-state index < -0.39 is 10.8 Å². The number of carbonyl (C=O) groups is 1. The van der Waals surface area contributed by atoms with E-state index in [2.05, 4.69) is 5.32 Å². The van der Waals surface area contributed by atoms with Gasteiger partial charge in [0.1, 0.15) is 23.1 Å². The molecule has 3 rings (SSSR count). The second kappa shape index (κ2) is 8.71. The number of carbonyl (C=O) groups excluding carboxylic acids is 1. The maximum absolute atomic E-state index is 12.4. The SMILES string of the molecule is CC(C)(C)c1ccccc1OCC(=O)Nc1oc(-c2cccc([N+](=O)[O-])c2)cc1C#N. The molecule has 1 amide bonds. The Hall–Kier alpha value is -4.12. The number of hydrogen-bond acceptors (Lipinski definition) is 6. The Morgan fingerprint density at radius 3 is 2.61 bits per heavy atom. The molecule has 0 saturated heterocycles. The predicted molar refractivity (Wildman–Crippen MR) is 115 cm³/mol. The fraction of sp³-hybridized carbons (Fsp3) is 0.217. The Bertz CT molecular complexity index is 1170. The highest BCUT2D eigenvalue weighted by Gasteiger charge is 2.20. The lowest BCUT2D eigenvalue weighted by molar-refractivity contribution is -0.384. The van der Waals surface area contributed by atoms with Crippen LogP contribution >= 0.6 is 0 Å². The van der Waals surface area contributed by atoms with Gasteiger partial charge in [-0.15, -0.1) is 0 Å². The molecule has 0 saturated carbocycles. The molecule has 0 fully saturated rings. The number of amides is 1. The van der Waals surface area contributed by atoms with Crippen molar-refractivity contribution in [2.45, 2.75) is 26.2 Å². The lowest BCUT2D eigenvalue weighted by Crippen LogP contribution is -2.22. The molecule has 0 bridgehead atoms. The second-order valence-electron chi connectivity index (χ2n) is 7.86. The summed E-state index contributed by atoms with van der Waals surface area (Å²) in [5.41, 5.74) is 1.22. The molecule has 0 unspecified atom stereocenters. The van der Waals surface area contributed by atoms with Gasteiger partial charge in [0.05, 0.1) is 4.92 Å². The molecular formula is C23H21N3O5. The summed E-state index contributed by atoms with van der Waals surface area (Å²) in [6, 6.07) is 16.7. The van der Waals surface area contributed by atoms with E-state index in [-0.39, 0.29) is 34.9 Å². The summed E-state index contributed by atoms with van der Waals surface area (Å²) in [5, 5.41) is 22.9. The second-order valence-corrected chi connectivity index (χ2v) is 7.86. The van der Waals surface area contributed by atoms with Crippen LogP contribution < -0.4 is 10.1 Å². The molecule has 1 N–H and O–H groups in total. The summed E-state index contributed by atoms with van der Waals surface area (Å²) in [6.07, 6.45) is 0. The number of para-hydroxylation sites is 1. The molecule has 0 aliphatic rings. The fourth-order valence-corrected chi connectivity index (χ4v) is 3.00. The average Bonchev–Trinajstić information content (AvgIpc) is 3.14. The summed E-state index contributed by atoms with van der Waals surface area (Å²) in [4.78, 5) is 22.9. The van der Waals surface area contributed by atoms with Crippen LogP contribution in [-0.2, 0) is 10.2 Å². The monoisotopic (exact) mass is 419 g/mol. The molecule has 8 nitrogen and oxygen atoms in total. The standard InChI is InChI=1S/C23H21N3O5/c1-23(2,3)18-9-4-5-10-19(18)30-14-21(27)25-22-16(13-24)12-20(31-22)15-7-6-8-17(11-15)26(28)29/h4-12H,14H2,1-3H3,(H,25,27). The summed E-state index contributed by atoms with van der Waals surface area (Å²) < 4.78 is 11.3. The highest BCUT2D eigenvalue weighted by Crippen LogP contribution is 2.32. The van der Waals surface area contributed by atoms with E-state index in [1.165, 1.54) is 24.3 Å². The van der Waals surface area contributed by atoms with E-state index >= 15 is 0 Å². The van der Waals surface area contributed by atoms with E-state index in [1.807, 2.05) is 45.0 Å². The Labute approximate surface area is 179 Å². The van der Waals surface area contributed by atoms with Crippen LogP contribution in [0.4, 0.5) is 11.6 Å². The summed E-state index contributed by atoms with van der Waals surface area (Å²) >= 11 is 0. The third-order valence-corrected chi connectivity index (χ3v) is 4.50. The first-order valence-corrected chi connectivity index (χ1v) is 9.50. The van der Waals surface area contributed by atoms with Crippen molar-refractivity contribution in [3.05, 3.63) is 75.8 Å². The molecule has 8 heteroatoms. The van der Waals surface area contributed by atoms with Gasteiger partial charge in [-0.2, -0.15) is 5.26 Å². The number of furan rings is 1. The molecule has 31 heavy (non-hydrogen) atoms.